The number of methoxy groups -OCH3 is 1. The van der Waals surface area contributed by atoms with E-state index in [1.807, 2.05) is 61.5 Å². The first kappa shape index (κ1) is 30.5. The number of rotatable bonds is 12. The van der Waals surface area contributed by atoms with Crippen LogP contribution < -0.4 is 24.3 Å². The fourth-order valence-electron chi connectivity index (χ4n) is 3.96. The molecule has 0 spiro atoms. The summed E-state index contributed by atoms with van der Waals surface area (Å²) in [5.74, 6) is 1.61. The van der Waals surface area contributed by atoms with E-state index in [4.69, 9.17) is 30.5 Å². The first-order valence-corrected chi connectivity index (χ1v) is 14.2. The number of nitrogens with one attached hydrogen (secondary N) is 1. The van der Waals surface area contributed by atoms with Crippen molar-refractivity contribution in [1.82, 2.24) is 0 Å². The van der Waals surface area contributed by atoms with Gasteiger partial charge in [-0.15, -0.1) is 0 Å². The molecule has 214 valence electrons. The summed E-state index contributed by atoms with van der Waals surface area (Å²) in [5, 5.41) is 12.8. The fourth-order valence-corrected chi connectivity index (χ4v) is 4.73. The van der Waals surface area contributed by atoms with Crippen LogP contribution in [0.3, 0.4) is 0 Å². The predicted octanol–water partition coefficient (Wildman–Crippen LogP) is 8.21. The smallest absolute Gasteiger partial charge is 0.266 e. The summed E-state index contributed by atoms with van der Waals surface area (Å²) in [6, 6.07) is 27.7. The van der Waals surface area contributed by atoms with Crippen LogP contribution in [0.1, 0.15) is 23.6 Å². The van der Waals surface area contributed by atoms with Gasteiger partial charge in [0.05, 0.1) is 18.2 Å². The number of ether oxygens (including phenoxy) is 4. The van der Waals surface area contributed by atoms with Gasteiger partial charge in [0, 0.05) is 10.7 Å². The van der Waals surface area contributed by atoms with Gasteiger partial charge < -0.3 is 24.3 Å². The largest absolute Gasteiger partial charge is 0.493 e. The Hall–Kier alpha value is -4.45. The molecule has 0 aromatic heterocycles. The van der Waals surface area contributed by atoms with E-state index in [0.29, 0.717) is 57.0 Å². The van der Waals surface area contributed by atoms with E-state index in [2.05, 4.69) is 21.2 Å². The zero-order valence-corrected chi connectivity index (χ0v) is 25.4. The van der Waals surface area contributed by atoms with Crippen LogP contribution in [0.4, 0.5) is 5.69 Å². The second kappa shape index (κ2) is 15.0. The molecule has 0 bridgehead atoms. The number of carbonyl (C=O) groups excluding carboxylic acids is 1. The van der Waals surface area contributed by atoms with Gasteiger partial charge in [-0.2, -0.15) is 5.26 Å². The number of benzene rings is 4. The van der Waals surface area contributed by atoms with Crippen molar-refractivity contribution in [2.75, 3.05) is 19.0 Å². The summed E-state index contributed by atoms with van der Waals surface area (Å²) >= 11 is 9.53. The molecule has 0 aliphatic heterocycles. The number of amides is 1. The quantitative estimate of drug-likeness (QED) is 0.123. The van der Waals surface area contributed by atoms with Crippen LogP contribution in [0.5, 0.6) is 23.0 Å². The van der Waals surface area contributed by atoms with E-state index in [1.165, 1.54) is 13.2 Å². The molecule has 0 heterocycles. The summed E-state index contributed by atoms with van der Waals surface area (Å²) in [6.45, 7) is 3.06. The lowest BCUT2D eigenvalue weighted by Crippen LogP contribution is -2.13. The molecule has 1 amide bonds. The lowest BCUT2D eigenvalue weighted by molar-refractivity contribution is -0.112. The highest BCUT2D eigenvalue weighted by Crippen LogP contribution is 2.38. The van der Waals surface area contributed by atoms with Gasteiger partial charge in [-0.1, -0.05) is 54.1 Å². The summed E-state index contributed by atoms with van der Waals surface area (Å²) in [6.07, 6.45) is 1.47. The molecule has 1 N–H and O–H groups in total. The van der Waals surface area contributed by atoms with E-state index in [0.717, 1.165) is 11.1 Å². The third-order valence-electron chi connectivity index (χ3n) is 5.94. The van der Waals surface area contributed by atoms with Gasteiger partial charge in [0.1, 0.15) is 24.9 Å². The van der Waals surface area contributed by atoms with Crippen LogP contribution in [-0.2, 0) is 18.0 Å². The summed E-state index contributed by atoms with van der Waals surface area (Å²) in [4.78, 5) is 12.7. The summed E-state index contributed by atoms with van der Waals surface area (Å²) in [7, 11) is 1.52. The van der Waals surface area contributed by atoms with Crippen molar-refractivity contribution in [2.24, 2.45) is 0 Å². The van der Waals surface area contributed by atoms with E-state index >= 15 is 0 Å². The molecule has 4 aromatic carbocycles. The maximum atomic E-state index is 12.7. The first-order valence-electron chi connectivity index (χ1n) is 13.0. The number of hydrogen-bond donors (Lipinski definition) is 1. The zero-order valence-electron chi connectivity index (χ0n) is 23.0. The molecule has 4 rings (SSSR count). The highest BCUT2D eigenvalue weighted by molar-refractivity contribution is 9.10. The van der Waals surface area contributed by atoms with E-state index in [-0.39, 0.29) is 12.2 Å². The molecule has 0 aliphatic rings. The monoisotopic (exact) mass is 646 g/mol. The van der Waals surface area contributed by atoms with Crippen molar-refractivity contribution in [1.29, 1.82) is 5.26 Å². The normalized spacial score (nSPS) is 10.9. The van der Waals surface area contributed by atoms with Crippen molar-refractivity contribution in [3.05, 3.63) is 117 Å². The highest BCUT2D eigenvalue weighted by atomic mass is 79.9. The standard InChI is InChI=1S/C33H28BrClN2O5/c1-3-40-30-16-23(12-13-29(30)41-20-22-8-5-4-6-9-22)21-42-32-28(34)15-24(17-31(32)39-2)14-25(19-36)33(38)37-27-11-7-10-26(35)18-27/h4-18H,3,20-21H2,1-2H3,(H,37,38)/b25-14-. The molecule has 0 aliphatic carbocycles. The number of nitriles is 1. The molecule has 0 saturated heterocycles. The molecular weight excluding hydrogens is 620 g/mol. The number of hydrogen-bond acceptors (Lipinski definition) is 6. The molecule has 0 unspecified atom stereocenters. The Morgan fingerprint density at radius 1 is 0.905 bits per heavy atom. The number of nitrogens with zero attached hydrogens (tertiary/aromatic N) is 1. The lowest BCUT2D eigenvalue weighted by Gasteiger charge is -2.16. The Labute approximate surface area is 258 Å². The van der Waals surface area contributed by atoms with E-state index < -0.39 is 5.91 Å². The minimum atomic E-state index is -0.559. The zero-order chi connectivity index (χ0) is 29.9. The molecular formula is C33H28BrClN2O5. The molecule has 7 nitrogen and oxygen atoms in total. The molecule has 0 fully saturated rings. The van der Waals surface area contributed by atoms with E-state index in [1.54, 1.807) is 36.4 Å². The van der Waals surface area contributed by atoms with Crippen molar-refractivity contribution in [2.45, 2.75) is 20.1 Å². The van der Waals surface area contributed by atoms with Gasteiger partial charge in [0.25, 0.3) is 5.91 Å². The minimum Gasteiger partial charge on any atom is -0.493 e. The Morgan fingerprint density at radius 2 is 1.69 bits per heavy atom. The first-order chi connectivity index (χ1) is 20.4. The van der Waals surface area contributed by atoms with Crippen LogP contribution in [-0.4, -0.2) is 19.6 Å². The third-order valence-corrected chi connectivity index (χ3v) is 6.76. The summed E-state index contributed by atoms with van der Waals surface area (Å²) in [5.41, 5.74) is 2.90. The Morgan fingerprint density at radius 3 is 2.40 bits per heavy atom. The third kappa shape index (κ3) is 8.29. The second-order valence-electron chi connectivity index (χ2n) is 8.95. The molecule has 9 heteroatoms. The Bertz CT molecular complexity index is 1620. The van der Waals surface area contributed by atoms with Gasteiger partial charge >= 0.3 is 0 Å². The number of anilines is 1. The maximum Gasteiger partial charge on any atom is 0.266 e. The lowest BCUT2D eigenvalue weighted by atomic mass is 10.1. The average Bonchev–Trinajstić information content (AvgIpc) is 2.99. The van der Waals surface area contributed by atoms with Crippen LogP contribution in [0, 0.1) is 11.3 Å². The average molecular weight is 648 g/mol. The van der Waals surface area contributed by atoms with Crippen LogP contribution in [0.15, 0.2) is 95.0 Å². The Balaban J connectivity index is 1.48. The predicted molar refractivity (Wildman–Crippen MR) is 167 cm³/mol. The topological polar surface area (TPSA) is 89.8 Å². The van der Waals surface area contributed by atoms with Gasteiger partial charge in [-0.05, 0) is 88.1 Å². The van der Waals surface area contributed by atoms with Crippen LogP contribution in [0.25, 0.3) is 6.08 Å². The van der Waals surface area contributed by atoms with Crippen molar-refractivity contribution in [3.63, 3.8) is 0 Å². The van der Waals surface area contributed by atoms with Crippen molar-refractivity contribution in [3.8, 4) is 29.1 Å². The number of carbonyl (C=O) groups is 1. The molecule has 4 aromatic rings. The second-order valence-corrected chi connectivity index (χ2v) is 10.2. The molecule has 0 radical (unpaired) electrons. The molecule has 0 atom stereocenters. The summed E-state index contributed by atoms with van der Waals surface area (Å²) < 4.78 is 24.1. The van der Waals surface area contributed by atoms with Crippen LogP contribution in [0.2, 0.25) is 5.02 Å². The minimum absolute atomic E-state index is 0.0874. The Kier molecular flexibility index (Phi) is 10.9. The highest BCUT2D eigenvalue weighted by Gasteiger charge is 2.15. The number of halogens is 2. The van der Waals surface area contributed by atoms with Gasteiger partial charge in [0.2, 0.25) is 0 Å². The SMILES string of the molecule is CCOc1cc(COc2c(Br)cc(/C=C(/C#N)C(=O)Nc3cccc(Cl)c3)cc2OC)ccc1OCc1ccccc1. The van der Waals surface area contributed by atoms with Crippen molar-refractivity contribution >= 4 is 45.2 Å². The van der Waals surface area contributed by atoms with Gasteiger partial charge in [-0.25, -0.2) is 0 Å². The maximum absolute atomic E-state index is 12.7. The molecule has 0 saturated carbocycles. The van der Waals surface area contributed by atoms with E-state index in [9.17, 15) is 10.1 Å². The molecule has 42 heavy (non-hydrogen) atoms. The van der Waals surface area contributed by atoms with Crippen LogP contribution >= 0.6 is 27.5 Å². The van der Waals surface area contributed by atoms with Gasteiger partial charge in [0.15, 0.2) is 23.0 Å². The van der Waals surface area contributed by atoms with Crippen molar-refractivity contribution < 1.29 is 23.7 Å². The van der Waals surface area contributed by atoms with Gasteiger partial charge in [-0.3, -0.25) is 4.79 Å². The fraction of sp³-hybridized carbons (Fsp3) is 0.152.